The molecule has 182 valence electrons. The maximum Gasteiger partial charge on any atom is 0.416 e. The molecule has 0 saturated carbocycles. The molecule has 4 N–H and O–H groups in total. The first kappa shape index (κ1) is 26.3. The average molecular weight is 485 g/mol. The van der Waals surface area contributed by atoms with Gasteiger partial charge in [-0.15, -0.1) is 0 Å². The summed E-state index contributed by atoms with van der Waals surface area (Å²) in [5.41, 5.74) is -2.96. The molecule has 2 aromatic rings. The zero-order chi connectivity index (χ0) is 25.6. The van der Waals surface area contributed by atoms with Crippen molar-refractivity contribution in [3.05, 3.63) is 76.7 Å². The first-order valence-electron chi connectivity index (χ1n) is 9.63. The summed E-state index contributed by atoms with van der Waals surface area (Å²) in [6.45, 7) is 1.49. The lowest BCUT2D eigenvalue weighted by Crippen LogP contribution is -2.36. The molecular weight excluding hydrogens is 465 g/mol. The van der Waals surface area contributed by atoms with Crippen LogP contribution in [0.3, 0.4) is 0 Å². The third-order valence-electron chi connectivity index (χ3n) is 4.56. The second-order valence-corrected chi connectivity index (χ2v) is 6.92. The molecule has 2 rings (SSSR count). The molecule has 0 aliphatic carbocycles. The van der Waals surface area contributed by atoms with Crippen LogP contribution in [0.25, 0.3) is 0 Å². The summed E-state index contributed by atoms with van der Waals surface area (Å²) < 4.78 is 70.9. The number of alkyl halides is 5. The van der Waals surface area contributed by atoms with Crippen molar-refractivity contribution >= 4 is 17.6 Å². The van der Waals surface area contributed by atoms with Gasteiger partial charge >= 0.3 is 12.1 Å². The molecule has 0 aliphatic heterocycles. The zero-order valence-electron chi connectivity index (χ0n) is 17.8. The first-order valence-corrected chi connectivity index (χ1v) is 9.63. The van der Waals surface area contributed by atoms with Crippen LogP contribution in [0.5, 0.6) is 5.75 Å². The van der Waals surface area contributed by atoms with E-state index >= 15 is 0 Å². The second kappa shape index (κ2) is 10.8. The number of benzene rings is 2. The standard InChI is InChI=1S/C22H20F5N3O4/c1-11(12-6-8-13(9-7-12)21(32)33)30-19(31)16(17(28)18(23)24)20(29-2)34-15-5-3-4-14(10-15)22(25,26)27/h3-11,18,28-29H,1-2H3,(H,30,31)(H,32,33)/b20-16-,28-17?. The van der Waals surface area contributed by atoms with Crippen molar-refractivity contribution < 1.29 is 41.4 Å². The summed E-state index contributed by atoms with van der Waals surface area (Å²) >= 11 is 0. The molecule has 0 saturated heterocycles. The van der Waals surface area contributed by atoms with Crippen LogP contribution in [0.1, 0.15) is 34.5 Å². The molecule has 0 aromatic heterocycles. The number of carbonyl (C=O) groups excluding carboxylic acids is 1. The van der Waals surface area contributed by atoms with Gasteiger partial charge in [-0.3, -0.25) is 10.2 Å². The van der Waals surface area contributed by atoms with Gasteiger partial charge in [0, 0.05) is 7.05 Å². The SMILES string of the molecule is CN/C(Oc1cccc(C(F)(F)F)c1)=C(\C(=N)C(F)F)C(=O)NC(C)c1ccc(C(=O)O)cc1. The van der Waals surface area contributed by atoms with Crippen molar-refractivity contribution in [1.82, 2.24) is 10.6 Å². The van der Waals surface area contributed by atoms with Crippen LogP contribution in [-0.2, 0) is 11.0 Å². The molecule has 1 atom stereocenters. The Balaban J connectivity index is 2.39. The Morgan fingerprint density at radius 1 is 1.09 bits per heavy atom. The monoisotopic (exact) mass is 485 g/mol. The van der Waals surface area contributed by atoms with Gasteiger partial charge in [-0.05, 0) is 42.8 Å². The molecule has 7 nitrogen and oxygen atoms in total. The van der Waals surface area contributed by atoms with Gasteiger partial charge < -0.3 is 20.5 Å². The Morgan fingerprint density at radius 2 is 1.71 bits per heavy atom. The number of rotatable bonds is 9. The predicted molar refractivity (Wildman–Crippen MR) is 112 cm³/mol. The van der Waals surface area contributed by atoms with E-state index < -0.39 is 59.0 Å². The van der Waals surface area contributed by atoms with E-state index in [1.807, 2.05) is 0 Å². The van der Waals surface area contributed by atoms with Crippen LogP contribution in [0.4, 0.5) is 22.0 Å². The molecule has 1 unspecified atom stereocenters. The summed E-state index contributed by atoms with van der Waals surface area (Å²) in [7, 11) is 1.18. The van der Waals surface area contributed by atoms with E-state index in [2.05, 4.69) is 10.6 Å². The Kier molecular flexibility index (Phi) is 8.33. The van der Waals surface area contributed by atoms with Crippen LogP contribution in [0.15, 0.2) is 60.0 Å². The van der Waals surface area contributed by atoms with Crippen molar-refractivity contribution in [1.29, 1.82) is 5.41 Å². The minimum absolute atomic E-state index is 0.00528. The van der Waals surface area contributed by atoms with Gasteiger partial charge in [0.2, 0.25) is 5.88 Å². The van der Waals surface area contributed by atoms with Gasteiger partial charge in [-0.2, -0.15) is 13.2 Å². The molecule has 0 radical (unpaired) electrons. The van der Waals surface area contributed by atoms with E-state index in [0.717, 1.165) is 18.2 Å². The largest absolute Gasteiger partial charge is 0.478 e. The van der Waals surface area contributed by atoms with Crippen molar-refractivity contribution in [2.45, 2.75) is 25.6 Å². The molecule has 0 heterocycles. The van der Waals surface area contributed by atoms with Crippen molar-refractivity contribution in [3.63, 3.8) is 0 Å². The van der Waals surface area contributed by atoms with Gasteiger partial charge in [0.05, 0.1) is 17.2 Å². The maximum atomic E-state index is 13.3. The molecule has 0 fully saturated rings. The van der Waals surface area contributed by atoms with E-state index in [9.17, 15) is 31.5 Å². The van der Waals surface area contributed by atoms with Gasteiger partial charge in [-0.25, -0.2) is 13.6 Å². The maximum absolute atomic E-state index is 13.3. The number of nitrogens with one attached hydrogen (secondary N) is 3. The number of carbonyl (C=O) groups is 2. The number of halogens is 5. The molecule has 0 aliphatic rings. The number of carboxylic acids is 1. The van der Waals surface area contributed by atoms with Gasteiger partial charge in [0.15, 0.2) is 0 Å². The average Bonchev–Trinajstić information content (AvgIpc) is 2.78. The summed E-state index contributed by atoms with van der Waals surface area (Å²) in [6.07, 6.45) is -8.08. The summed E-state index contributed by atoms with van der Waals surface area (Å²) in [5.74, 6) is -3.37. The normalized spacial score (nSPS) is 13.1. The Morgan fingerprint density at radius 3 is 2.21 bits per heavy atom. The second-order valence-electron chi connectivity index (χ2n) is 6.92. The minimum atomic E-state index is -4.69. The summed E-state index contributed by atoms with van der Waals surface area (Å²) in [6, 6.07) is 8.15. The topological polar surface area (TPSA) is 112 Å². The predicted octanol–water partition coefficient (Wildman–Crippen LogP) is 4.38. The first-order chi connectivity index (χ1) is 15.8. The number of carboxylic acid groups (broad SMARTS) is 1. The summed E-state index contributed by atoms with van der Waals surface area (Å²) in [4.78, 5) is 23.8. The quantitative estimate of drug-likeness (QED) is 0.182. The fourth-order valence-corrected chi connectivity index (χ4v) is 2.80. The van der Waals surface area contributed by atoms with E-state index in [1.165, 1.54) is 38.2 Å². The lowest BCUT2D eigenvalue weighted by atomic mass is 10.0. The van der Waals surface area contributed by atoms with E-state index in [0.29, 0.717) is 11.6 Å². The fraction of sp³-hybridized carbons (Fsp3) is 0.227. The van der Waals surface area contributed by atoms with E-state index in [1.54, 1.807) is 0 Å². The van der Waals surface area contributed by atoms with Crippen molar-refractivity contribution in [2.75, 3.05) is 7.05 Å². The van der Waals surface area contributed by atoms with Crippen LogP contribution in [0, 0.1) is 5.41 Å². The molecular formula is C22H20F5N3O4. The lowest BCUT2D eigenvalue weighted by molar-refractivity contribution is -0.137. The number of amides is 1. The third-order valence-corrected chi connectivity index (χ3v) is 4.56. The zero-order valence-corrected chi connectivity index (χ0v) is 17.8. The summed E-state index contributed by atoms with van der Waals surface area (Å²) in [5, 5.41) is 21.4. The van der Waals surface area contributed by atoms with Crippen LogP contribution < -0.4 is 15.4 Å². The van der Waals surface area contributed by atoms with E-state index in [-0.39, 0.29) is 5.56 Å². The smallest absolute Gasteiger partial charge is 0.416 e. The highest BCUT2D eigenvalue weighted by Crippen LogP contribution is 2.32. The molecule has 34 heavy (non-hydrogen) atoms. The third kappa shape index (κ3) is 6.53. The molecule has 0 spiro atoms. The van der Waals surface area contributed by atoms with Gasteiger partial charge in [0.25, 0.3) is 12.3 Å². The van der Waals surface area contributed by atoms with Crippen LogP contribution in [-0.4, -0.2) is 36.2 Å². The van der Waals surface area contributed by atoms with Gasteiger partial charge in [-0.1, -0.05) is 18.2 Å². The number of ether oxygens (including phenoxy) is 1. The molecule has 2 aromatic carbocycles. The van der Waals surface area contributed by atoms with Crippen molar-refractivity contribution in [2.24, 2.45) is 0 Å². The number of aromatic carboxylic acids is 1. The fourth-order valence-electron chi connectivity index (χ4n) is 2.80. The highest BCUT2D eigenvalue weighted by Gasteiger charge is 2.32. The lowest BCUT2D eigenvalue weighted by Gasteiger charge is -2.20. The van der Waals surface area contributed by atoms with Crippen LogP contribution >= 0.6 is 0 Å². The Labute approximate surface area is 190 Å². The van der Waals surface area contributed by atoms with Crippen molar-refractivity contribution in [3.8, 4) is 5.75 Å². The Bertz CT molecular complexity index is 1100. The van der Waals surface area contributed by atoms with Gasteiger partial charge in [0.1, 0.15) is 17.0 Å². The Hall–Kier alpha value is -3.96. The molecule has 1 amide bonds. The van der Waals surface area contributed by atoms with Crippen LogP contribution in [0.2, 0.25) is 0 Å². The minimum Gasteiger partial charge on any atom is -0.478 e. The number of hydrogen-bond donors (Lipinski definition) is 4. The van der Waals surface area contributed by atoms with E-state index in [4.69, 9.17) is 15.3 Å². The highest BCUT2D eigenvalue weighted by molar-refractivity contribution is 6.22. The highest BCUT2D eigenvalue weighted by atomic mass is 19.4. The molecule has 0 bridgehead atoms. The number of hydrogen-bond acceptors (Lipinski definition) is 5. The molecule has 12 heteroatoms.